The summed E-state index contributed by atoms with van der Waals surface area (Å²) in [5, 5.41) is 10.7. The predicted molar refractivity (Wildman–Crippen MR) is 77.3 cm³/mol. The zero-order chi connectivity index (χ0) is 13.8. The van der Waals surface area contributed by atoms with Gasteiger partial charge in [0.15, 0.2) is 0 Å². The molecule has 2 heterocycles. The van der Waals surface area contributed by atoms with Crippen LogP contribution in [0.4, 0.5) is 5.69 Å². The zero-order valence-corrected chi connectivity index (χ0v) is 10.8. The largest absolute Gasteiger partial charge is 0.326 e. The highest BCUT2D eigenvalue weighted by Crippen LogP contribution is 2.16. The van der Waals surface area contributed by atoms with Crippen LogP contribution in [0.5, 0.6) is 0 Å². The number of carbonyl (C=O) groups excluding carboxylic acids is 1. The Kier molecular flexibility index (Phi) is 3.41. The maximum absolute atomic E-state index is 11.9. The van der Waals surface area contributed by atoms with Crippen molar-refractivity contribution in [1.29, 1.82) is 0 Å². The number of benzene rings is 1. The van der Waals surface area contributed by atoms with E-state index in [1.165, 1.54) is 0 Å². The van der Waals surface area contributed by atoms with Gasteiger partial charge in [-0.1, -0.05) is 6.07 Å². The Bertz CT molecular complexity index is 721. The number of nitrogens with one attached hydrogen (secondary N) is 2. The van der Waals surface area contributed by atoms with Gasteiger partial charge in [0.2, 0.25) is 5.91 Å². The normalized spacial score (nSPS) is 10.6. The van der Waals surface area contributed by atoms with Gasteiger partial charge in [0.1, 0.15) is 0 Å². The third kappa shape index (κ3) is 2.83. The summed E-state index contributed by atoms with van der Waals surface area (Å²) >= 11 is 0. The number of rotatable bonds is 4. The minimum Gasteiger partial charge on any atom is -0.326 e. The molecule has 0 aliphatic rings. The van der Waals surface area contributed by atoms with E-state index >= 15 is 0 Å². The number of anilines is 1. The third-order valence-corrected chi connectivity index (χ3v) is 3.06. The van der Waals surface area contributed by atoms with Crippen molar-refractivity contribution < 1.29 is 4.79 Å². The summed E-state index contributed by atoms with van der Waals surface area (Å²) in [5.41, 5.74) is 2.66. The van der Waals surface area contributed by atoms with Crippen molar-refractivity contribution in [2.24, 2.45) is 0 Å². The van der Waals surface area contributed by atoms with E-state index in [0.717, 1.165) is 22.3 Å². The number of fused-ring (bicyclic) bond motifs is 1. The molecule has 0 spiro atoms. The van der Waals surface area contributed by atoms with E-state index in [0.29, 0.717) is 12.8 Å². The molecule has 1 aromatic carbocycles. The molecule has 0 saturated carbocycles. The molecule has 0 atom stereocenters. The van der Waals surface area contributed by atoms with E-state index in [1.807, 2.05) is 36.4 Å². The number of aryl methyl sites for hydroxylation is 1. The molecule has 0 radical (unpaired) electrons. The summed E-state index contributed by atoms with van der Waals surface area (Å²) in [6.07, 6.45) is 4.53. The van der Waals surface area contributed by atoms with Crippen LogP contribution < -0.4 is 5.32 Å². The van der Waals surface area contributed by atoms with Gasteiger partial charge in [-0.2, -0.15) is 5.10 Å². The topological polar surface area (TPSA) is 70.7 Å². The monoisotopic (exact) mass is 266 g/mol. The highest BCUT2D eigenvalue weighted by Gasteiger charge is 2.05. The number of aromatic nitrogens is 3. The summed E-state index contributed by atoms with van der Waals surface area (Å²) in [6.45, 7) is 0. The lowest BCUT2D eigenvalue weighted by molar-refractivity contribution is -0.116. The summed E-state index contributed by atoms with van der Waals surface area (Å²) in [4.78, 5) is 16.1. The molecule has 2 N–H and O–H groups in total. The summed E-state index contributed by atoms with van der Waals surface area (Å²) < 4.78 is 0. The number of amides is 1. The number of hydrogen-bond acceptors (Lipinski definition) is 3. The van der Waals surface area contributed by atoms with Gasteiger partial charge in [-0.15, -0.1) is 0 Å². The van der Waals surface area contributed by atoms with Crippen molar-refractivity contribution in [3.05, 3.63) is 54.5 Å². The van der Waals surface area contributed by atoms with E-state index in [9.17, 15) is 4.79 Å². The molecule has 1 amide bonds. The molecule has 0 bridgehead atoms. The van der Waals surface area contributed by atoms with Gasteiger partial charge in [0.25, 0.3) is 0 Å². The van der Waals surface area contributed by atoms with E-state index < -0.39 is 0 Å². The quantitative estimate of drug-likeness (QED) is 0.762. The van der Waals surface area contributed by atoms with Crippen molar-refractivity contribution in [3.63, 3.8) is 0 Å². The first-order chi connectivity index (χ1) is 9.81. The molecule has 5 nitrogen and oxygen atoms in total. The summed E-state index contributed by atoms with van der Waals surface area (Å²) in [5.74, 6) is -0.0153. The van der Waals surface area contributed by atoms with Crippen molar-refractivity contribution in [1.82, 2.24) is 15.2 Å². The first-order valence-corrected chi connectivity index (χ1v) is 6.44. The van der Waals surface area contributed by atoms with Crippen LogP contribution in [0.1, 0.15) is 12.1 Å². The van der Waals surface area contributed by atoms with Crippen LogP contribution in [0.3, 0.4) is 0 Å². The van der Waals surface area contributed by atoms with Crippen LogP contribution in [-0.2, 0) is 11.2 Å². The fraction of sp³-hybridized carbons (Fsp3) is 0.133. The lowest BCUT2D eigenvalue weighted by atomic mass is 10.2. The van der Waals surface area contributed by atoms with E-state index in [4.69, 9.17) is 0 Å². The molecule has 0 aliphatic carbocycles. The average molecular weight is 266 g/mol. The smallest absolute Gasteiger partial charge is 0.224 e. The SMILES string of the molecule is O=C(CCc1ccccn1)Nc1ccc2[nH]ncc2c1. The number of carbonyl (C=O) groups is 1. The van der Waals surface area contributed by atoms with E-state index in [2.05, 4.69) is 20.5 Å². The minimum absolute atomic E-state index is 0.0153. The molecule has 0 aliphatic heterocycles. The standard InChI is InChI=1S/C15H14N4O/c20-15(7-5-12-3-1-2-8-16-12)18-13-4-6-14-11(9-13)10-17-19-14/h1-4,6,8-10H,5,7H2,(H,17,19)(H,18,20). The van der Waals surface area contributed by atoms with Crippen molar-refractivity contribution in [2.45, 2.75) is 12.8 Å². The van der Waals surface area contributed by atoms with Crippen molar-refractivity contribution in [3.8, 4) is 0 Å². The van der Waals surface area contributed by atoms with Gasteiger partial charge in [0.05, 0.1) is 11.7 Å². The van der Waals surface area contributed by atoms with Gasteiger partial charge in [-0.3, -0.25) is 14.9 Å². The number of hydrogen-bond donors (Lipinski definition) is 2. The molecule has 0 fully saturated rings. The maximum Gasteiger partial charge on any atom is 0.224 e. The van der Waals surface area contributed by atoms with Crippen molar-refractivity contribution >= 4 is 22.5 Å². The Morgan fingerprint density at radius 3 is 3.05 bits per heavy atom. The van der Waals surface area contributed by atoms with Crippen LogP contribution >= 0.6 is 0 Å². The van der Waals surface area contributed by atoms with Gasteiger partial charge in [-0.05, 0) is 36.8 Å². The zero-order valence-electron chi connectivity index (χ0n) is 10.8. The fourth-order valence-corrected chi connectivity index (χ4v) is 2.03. The second-order valence-corrected chi connectivity index (χ2v) is 4.54. The first-order valence-electron chi connectivity index (χ1n) is 6.44. The van der Waals surface area contributed by atoms with Crippen LogP contribution in [0.25, 0.3) is 10.9 Å². The molecule has 3 rings (SSSR count). The van der Waals surface area contributed by atoms with Crippen LogP contribution in [0.15, 0.2) is 48.8 Å². The van der Waals surface area contributed by atoms with Crippen LogP contribution in [0.2, 0.25) is 0 Å². The Balaban J connectivity index is 1.61. The van der Waals surface area contributed by atoms with E-state index in [1.54, 1.807) is 12.4 Å². The molecular weight excluding hydrogens is 252 g/mol. The number of nitrogens with zero attached hydrogens (tertiary/aromatic N) is 2. The molecule has 0 unspecified atom stereocenters. The summed E-state index contributed by atoms with van der Waals surface area (Å²) in [7, 11) is 0. The number of H-pyrrole nitrogens is 1. The van der Waals surface area contributed by atoms with Gasteiger partial charge >= 0.3 is 0 Å². The molecule has 3 aromatic rings. The Labute approximate surface area is 116 Å². The highest BCUT2D eigenvalue weighted by molar-refractivity contribution is 5.93. The second kappa shape index (κ2) is 5.52. The fourth-order valence-electron chi connectivity index (χ4n) is 2.03. The molecule has 5 heteroatoms. The molecular formula is C15H14N4O. The molecule has 0 saturated heterocycles. The highest BCUT2D eigenvalue weighted by atomic mass is 16.1. The van der Waals surface area contributed by atoms with Crippen LogP contribution in [0, 0.1) is 0 Å². The number of aromatic amines is 1. The number of pyridine rings is 1. The molecule has 2 aromatic heterocycles. The lowest BCUT2D eigenvalue weighted by Gasteiger charge is -2.05. The average Bonchev–Trinajstić information content (AvgIpc) is 2.94. The van der Waals surface area contributed by atoms with Crippen LogP contribution in [-0.4, -0.2) is 21.1 Å². The molecule has 100 valence electrons. The second-order valence-electron chi connectivity index (χ2n) is 4.54. The predicted octanol–water partition coefficient (Wildman–Crippen LogP) is 2.53. The maximum atomic E-state index is 11.9. The summed E-state index contributed by atoms with van der Waals surface area (Å²) in [6, 6.07) is 11.4. The minimum atomic E-state index is -0.0153. The van der Waals surface area contributed by atoms with Crippen molar-refractivity contribution in [2.75, 3.05) is 5.32 Å². The van der Waals surface area contributed by atoms with Gasteiger partial charge < -0.3 is 5.32 Å². The van der Waals surface area contributed by atoms with Gasteiger partial charge in [0, 0.05) is 29.4 Å². The van der Waals surface area contributed by atoms with E-state index in [-0.39, 0.29) is 5.91 Å². The Hall–Kier alpha value is -2.69. The Morgan fingerprint density at radius 1 is 1.25 bits per heavy atom. The third-order valence-electron chi connectivity index (χ3n) is 3.06. The molecule has 20 heavy (non-hydrogen) atoms. The lowest BCUT2D eigenvalue weighted by Crippen LogP contribution is -2.12. The first kappa shape index (κ1) is 12.3. The van der Waals surface area contributed by atoms with Gasteiger partial charge in [-0.25, -0.2) is 0 Å². The Morgan fingerprint density at radius 2 is 2.20 bits per heavy atom.